The minimum atomic E-state index is -1.00. The first kappa shape index (κ1) is 13.3. The fourth-order valence-corrected chi connectivity index (χ4v) is 2.00. The number of aromatic carboxylic acids is 1. The highest BCUT2D eigenvalue weighted by molar-refractivity contribution is 5.94. The van der Waals surface area contributed by atoms with Crippen molar-refractivity contribution in [2.75, 3.05) is 0 Å². The lowest BCUT2D eigenvalue weighted by Crippen LogP contribution is -1.99. The van der Waals surface area contributed by atoms with Gasteiger partial charge in [-0.3, -0.25) is 0 Å². The molecule has 0 fully saturated rings. The van der Waals surface area contributed by atoms with Gasteiger partial charge in [-0.15, -0.1) is 10.2 Å². The molecule has 1 heterocycles. The molecule has 0 saturated heterocycles. The van der Waals surface area contributed by atoms with Crippen LogP contribution in [0, 0.1) is 0 Å². The first-order chi connectivity index (χ1) is 9.17. The van der Waals surface area contributed by atoms with Gasteiger partial charge in [-0.25, -0.2) is 4.79 Å². The van der Waals surface area contributed by atoms with E-state index in [4.69, 9.17) is 9.52 Å². The molecule has 1 aromatic carbocycles. The van der Waals surface area contributed by atoms with Crippen molar-refractivity contribution in [1.29, 1.82) is 0 Å². The molecule has 5 nitrogen and oxygen atoms in total. The third-order valence-electron chi connectivity index (χ3n) is 3.16. The van der Waals surface area contributed by atoms with Gasteiger partial charge in [0, 0.05) is 5.92 Å². The molecule has 0 unspecified atom stereocenters. The van der Waals surface area contributed by atoms with Gasteiger partial charge >= 0.3 is 5.97 Å². The quantitative estimate of drug-likeness (QED) is 0.892. The second-order valence-corrected chi connectivity index (χ2v) is 4.31. The lowest BCUT2D eigenvalue weighted by Gasteiger charge is -2.05. The van der Waals surface area contributed by atoms with Crippen molar-refractivity contribution in [2.24, 2.45) is 0 Å². The molecule has 0 spiro atoms. The summed E-state index contributed by atoms with van der Waals surface area (Å²) in [6.07, 6.45) is 1.83. The monoisotopic (exact) mass is 260 g/mol. The second kappa shape index (κ2) is 5.65. The number of carboxylic acids is 1. The van der Waals surface area contributed by atoms with Gasteiger partial charge < -0.3 is 9.52 Å². The Kier molecular flexibility index (Phi) is 3.94. The van der Waals surface area contributed by atoms with Crippen molar-refractivity contribution >= 4 is 5.97 Å². The lowest BCUT2D eigenvalue weighted by molar-refractivity contribution is 0.0697. The molecule has 0 saturated carbocycles. The summed E-state index contributed by atoms with van der Waals surface area (Å²) in [6, 6.07) is 6.63. The van der Waals surface area contributed by atoms with E-state index < -0.39 is 5.97 Å². The van der Waals surface area contributed by atoms with Crippen LogP contribution < -0.4 is 0 Å². The van der Waals surface area contributed by atoms with Crippen LogP contribution in [0.5, 0.6) is 0 Å². The largest absolute Gasteiger partial charge is 0.478 e. The number of hydrogen-bond donors (Lipinski definition) is 1. The smallest absolute Gasteiger partial charge is 0.336 e. The van der Waals surface area contributed by atoms with Crippen LogP contribution in [0.15, 0.2) is 28.7 Å². The molecule has 2 aromatic rings. The van der Waals surface area contributed by atoms with Gasteiger partial charge in [-0.2, -0.15) is 0 Å². The minimum absolute atomic E-state index is 0.169. The van der Waals surface area contributed by atoms with Crippen LogP contribution in [0.2, 0.25) is 0 Å². The van der Waals surface area contributed by atoms with Crippen LogP contribution in [0.3, 0.4) is 0 Å². The second-order valence-electron chi connectivity index (χ2n) is 4.31. The zero-order valence-electron chi connectivity index (χ0n) is 11.0. The third kappa shape index (κ3) is 2.65. The summed E-state index contributed by atoms with van der Waals surface area (Å²) in [5.41, 5.74) is 0.627. The Morgan fingerprint density at radius 2 is 1.95 bits per heavy atom. The highest BCUT2D eigenvalue weighted by Gasteiger charge is 2.19. The SMILES string of the molecule is CCC(CC)c1nnc(-c2ccccc2C(=O)O)o1. The summed E-state index contributed by atoms with van der Waals surface area (Å²) in [4.78, 5) is 11.2. The minimum Gasteiger partial charge on any atom is -0.478 e. The number of benzene rings is 1. The number of nitrogens with zero attached hydrogens (tertiary/aromatic N) is 2. The van der Waals surface area contributed by atoms with Crippen LogP contribution in [0.4, 0.5) is 0 Å². The van der Waals surface area contributed by atoms with E-state index in [2.05, 4.69) is 24.0 Å². The number of rotatable bonds is 5. The first-order valence-corrected chi connectivity index (χ1v) is 6.33. The van der Waals surface area contributed by atoms with E-state index in [9.17, 15) is 4.79 Å². The van der Waals surface area contributed by atoms with E-state index in [-0.39, 0.29) is 17.4 Å². The van der Waals surface area contributed by atoms with Gasteiger partial charge in [-0.05, 0) is 25.0 Å². The summed E-state index contributed by atoms with van der Waals surface area (Å²) < 4.78 is 5.62. The van der Waals surface area contributed by atoms with Crippen molar-refractivity contribution < 1.29 is 14.3 Å². The first-order valence-electron chi connectivity index (χ1n) is 6.33. The Hall–Kier alpha value is -2.17. The highest BCUT2D eigenvalue weighted by Crippen LogP contribution is 2.27. The summed E-state index contributed by atoms with van der Waals surface area (Å²) >= 11 is 0. The molecule has 0 aliphatic rings. The fourth-order valence-electron chi connectivity index (χ4n) is 2.00. The molecule has 1 aromatic heterocycles. The molecule has 2 rings (SSSR count). The number of carbonyl (C=O) groups is 1. The van der Waals surface area contributed by atoms with Crippen LogP contribution in [0.1, 0.15) is 48.9 Å². The Morgan fingerprint density at radius 1 is 1.26 bits per heavy atom. The molecule has 0 aliphatic carbocycles. The van der Waals surface area contributed by atoms with Gasteiger partial charge in [0.2, 0.25) is 11.8 Å². The van der Waals surface area contributed by atoms with E-state index in [0.29, 0.717) is 11.5 Å². The molecule has 5 heteroatoms. The normalized spacial score (nSPS) is 10.9. The van der Waals surface area contributed by atoms with E-state index in [1.54, 1.807) is 18.2 Å². The Morgan fingerprint density at radius 3 is 2.58 bits per heavy atom. The van der Waals surface area contributed by atoms with E-state index >= 15 is 0 Å². The maximum Gasteiger partial charge on any atom is 0.336 e. The lowest BCUT2D eigenvalue weighted by atomic mass is 10.0. The Labute approximate surface area is 111 Å². The van der Waals surface area contributed by atoms with Gasteiger partial charge in [-0.1, -0.05) is 26.0 Å². The molecule has 1 N–H and O–H groups in total. The summed E-state index contributed by atoms with van der Waals surface area (Å²) in [5, 5.41) is 17.1. The van der Waals surface area contributed by atoms with Gasteiger partial charge in [0.25, 0.3) is 0 Å². The zero-order chi connectivity index (χ0) is 13.8. The van der Waals surface area contributed by atoms with Gasteiger partial charge in [0.1, 0.15) is 0 Å². The molecule has 0 atom stereocenters. The predicted octanol–water partition coefficient (Wildman–Crippen LogP) is 3.34. The van der Waals surface area contributed by atoms with E-state index in [0.717, 1.165) is 12.8 Å². The van der Waals surface area contributed by atoms with Crippen molar-refractivity contribution in [1.82, 2.24) is 10.2 Å². The molecular weight excluding hydrogens is 244 g/mol. The zero-order valence-corrected chi connectivity index (χ0v) is 11.0. The molecule has 0 amide bonds. The molecule has 0 aliphatic heterocycles. The van der Waals surface area contributed by atoms with Crippen molar-refractivity contribution in [3.8, 4) is 11.5 Å². The third-order valence-corrected chi connectivity index (χ3v) is 3.16. The summed E-state index contributed by atoms with van der Waals surface area (Å²) in [7, 11) is 0. The summed E-state index contributed by atoms with van der Waals surface area (Å²) in [5.74, 6) is 0.0521. The van der Waals surface area contributed by atoms with Crippen molar-refractivity contribution in [3.63, 3.8) is 0 Å². The van der Waals surface area contributed by atoms with Crippen molar-refractivity contribution in [3.05, 3.63) is 35.7 Å². The van der Waals surface area contributed by atoms with Gasteiger partial charge in [0.05, 0.1) is 11.1 Å². The average Bonchev–Trinajstić information content (AvgIpc) is 2.89. The molecule has 19 heavy (non-hydrogen) atoms. The van der Waals surface area contributed by atoms with Crippen LogP contribution in [0.25, 0.3) is 11.5 Å². The average molecular weight is 260 g/mol. The number of hydrogen-bond acceptors (Lipinski definition) is 4. The molecule has 0 radical (unpaired) electrons. The maximum atomic E-state index is 11.2. The topological polar surface area (TPSA) is 76.2 Å². The van der Waals surface area contributed by atoms with Crippen LogP contribution in [-0.4, -0.2) is 21.3 Å². The highest BCUT2D eigenvalue weighted by atomic mass is 16.4. The van der Waals surface area contributed by atoms with E-state index in [1.807, 2.05) is 0 Å². The van der Waals surface area contributed by atoms with Crippen LogP contribution >= 0.6 is 0 Å². The van der Waals surface area contributed by atoms with E-state index in [1.165, 1.54) is 6.07 Å². The Balaban J connectivity index is 2.41. The number of aromatic nitrogens is 2. The summed E-state index contributed by atoms with van der Waals surface area (Å²) in [6.45, 7) is 4.12. The maximum absolute atomic E-state index is 11.2. The fraction of sp³-hybridized carbons (Fsp3) is 0.357. The van der Waals surface area contributed by atoms with Gasteiger partial charge in [0.15, 0.2) is 0 Å². The molecule has 0 bridgehead atoms. The standard InChI is InChI=1S/C14H16N2O3/c1-3-9(4-2)12-15-16-13(19-12)10-7-5-6-8-11(10)14(17)18/h5-9H,3-4H2,1-2H3,(H,17,18). The Bertz CT molecular complexity index is 574. The molecule has 100 valence electrons. The predicted molar refractivity (Wildman–Crippen MR) is 70.0 cm³/mol. The van der Waals surface area contributed by atoms with Crippen molar-refractivity contribution in [2.45, 2.75) is 32.6 Å². The number of carboxylic acid groups (broad SMARTS) is 1. The molecular formula is C14H16N2O3. The van der Waals surface area contributed by atoms with Crippen LogP contribution in [-0.2, 0) is 0 Å².